The first-order valence-corrected chi connectivity index (χ1v) is 5.95. The number of ether oxygens (including phenoxy) is 1. The molecule has 3 heteroatoms. The topological polar surface area (TPSA) is 35.2 Å². The molecule has 0 aromatic heterocycles. The summed E-state index contributed by atoms with van der Waals surface area (Å²) in [6.07, 6.45) is 0. The lowest BCUT2D eigenvalue weighted by molar-refractivity contribution is 0.267. The van der Waals surface area contributed by atoms with Gasteiger partial charge in [0, 0.05) is 16.6 Å². The van der Waals surface area contributed by atoms with Crippen LogP contribution in [0.3, 0.4) is 0 Å². The van der Waals surface area contributed by atoms with Crippen LogP contribution in [0.1, 0.15) is 25.0 Å². The molecule has 1 rings (SSSR count). The zero-order valence-corrected chi connectivity index (χ0v) is 11.1. The second-order valence-electron chi connectivity index (χ2n) is 4.12. The van der Waals surface area contributed by atoms with Crippen molar-refractivity contribution in [3.8, 4) is 5.75 Å². The van der Waals surface area contributed by atoms with E-state index in [1.54, 1.807) is 0 Å². The van der Waals surface area contributed by atoms with Gasteiger partial charge in [0.25, 0.3) is 0 Å². The zero-order chi connectivity index (χ0) is 11.4. The molecule has 0 spiro atoms. The summed E-state index contributed by atoms with van der Waals surface area (Å²) < 4.78 is 6.83. The molecule has 0 bridgehead atoms. The maximum absolute atomic E-state index is 5.77. The van der Waals surface area contributed by atoms with Crippen LogP contribution in [0.2, 0.25) is 0 Å². The predicted molar refractivity (Wildman–Crippen MR) is 67.1 cm³/mol. The van der Waals surface area contributed by atoms with Gasteiger partial charge in [0.1, 0.15) is 5.75 Å². The molecule has 2 nitrogen and oxygen atoms in total. The van der Waals surface area contributed by atoms with E-state index in [1.165, 1.54) is 0 Å². The lowest BCUT2D eigenvalue weighted by Gasteiger charge is -2.15. The van der Waals surface area contributed by atoms with Crippen LogP contribution in [-0.2, 0) is 6.54 Å². The predicted octanol–water partition coefficient (Wildman–Crippen LogP) is 3.25. The highest BCUT2D eigenvalue weighted by Crippen LogP contribution is 2.28. The summed E-state index contributed by atoms with van der Waals surface area (Å²) in [5.41, 5.74) is 7.88. The van der Waals surface area contributed by atoms with Crippen LogP contribution in [0.15, 0.2) is 16.6 Å². The standard InChI is InChI=1S/C12H18BrNO/c1-8(2)7-15-12-9(3)4-11(13)5-10(12)6-14/h4-5,8H,6-7,14H2,1-3H3. The van der Waals surface area contributed by atoms with Gasteiger partial charge >= 0.3 is 0 Å². The van der Waals surface area contributed by atoms with Crippen LogP contribution in [0.25, 0.3) is 0 Å². The molecule has 2 N–H and O–H groups in total. The van der Waals surface area contributed by atoms with Crippen molar-refractivity contribution in [3.05, 3.63) is 27.7 Å². The maximum Gasteiger partial charge on any atom is 0.126 e. The average Bonchev–Trinajstić information content (AvgIpc) is 2.14. The summed E-state index contributed by atoms with van der Waals surface area (Å²) in [6, 6.07) is 4.07. The minimum Gasteiger partial charge on any atom is -0.493 e. The summed E-state index contributed by atoms with van der Waals surface area (Å²) >= 11 is 3.46. The summed E-state index contributed by atoms with van der Waals surface area (Å²) in [5.74, 6) is 1.47. The van der Waals surface area contributed by atoms with Gasteiger partial charge in [-0.05, 0) is 30.5 Å². The van der Waals surface area contributed by atoms with E-state index in [-0.39, 0.29) is 0 Å². The molecular formula is C12H18BrNO. The maximum atomic E-state index is 5.77. The third-order valence-electron chi connectivity index (χ3n) is 2.10. The Morgan fingerprint density at radius 2 is 2.07 bits per heavy atom. The number of hydrogen-bond acceptors (Lipinski definition) is 2. The van der Waals surface area contributed by atoms with E-state index < -0.39 is 0 Å². The Hall–Kier alpha value is -0.540. The quantitative estimate of drug-likeness (QED) is 0.913. The van der Waals surface area contributed by atoms with Crippen LogP contribution >= 0.6 is 15.9 Å². The highest BCUT2D eigenvalue weighted by atomic mass is 79.9. The van der Waals surface area contributed by atoms with Gasteiger partial charge in [0.15, 0.2) is 0 Å². The molecule has 0 aliphatic heterocycles. The Kier molecular flexibility index (Phi) is 4.61. The van der Waals surface area contributed by atoms with Gasteiger partial charge in [-0.25, -0.2) is 0 Å². The molecule has 0 aliphatic rings. The number of benzene rings is 1. The molecule has 0 saturated heterocycles. The van der Waals surface area contributed by atoms with Crippen molar-refractivity contribution in [1.29, 1.82) is 0 Å². The highest BCUT2D eigenvalue weighted by Gasteiger charge is 2.08. The van der Waals surface area contributed by atoms with E-state index in [0.29, 0.717) is 12.5 Å². The molecule has 1 aromatic rings. The normalized spacial score (nSPS) is 10.8. The summed E-state index contributed by atoms with van der Waals surface area (Å²) in [6.45, 7) is 7.55. The fourth-order valence-corrected chi connectivity index (χ4v) is 2.03. The van der Waals surface area contributed by atoms with Gasteiger partial charge in [-0.3, -0.25) is 0 Å². The van der Waals surface area contributed by atoms with Crippen molar-refractivity contribution in [1.82, 2.24) is 0 Å². The van der Waals surface area contributed by atoms with Crippen LogP contribution in [0, 0.1) is 12.8 Å². The van der Waals surface area contributed by atoms with E-state index >= 15 is 0 Å². The van der Waals surface area contributed by atoms with E-state index in [1.807, 2.05) is 13.0 Å². The minimum absolute atomic E-state index is 0.508. The zero-order valence-electron chi connectivity index (χ0n) is 9.51. The van der Waals surface area contributed by atoms with E-state index in [2.05, 4.69) is 35.8 Å². The Labute approximate surface area is 99.9 Å². The van der Waals surface area contributed by atoms with Gasteiger partial charge in [0.2, 0.25) is 0 Å². The molecule has 84 valence electrons. The molecule has 0 aliphatic carbocycles. The van der Waals surface area contributed by atoms with Crippen molar-refractivity contribution in [2.24, 2.45) is 11.7 Å². The fraction of sp³-hybridized carbons (Fsp3) is 0.500. The monoisotopic (exact) mass is 271 g/mol. The molecule has 15 heavy (non-hydrogen) atoms. The molecule has 0 unspecified atom stereocenters. The largest absolute Gasteiger partial charge is 0.493 e. The van der Waals surface area contributed by atoms with Crippen LogP contribution < -0.4 is 10.5 Å². The van der Waals surface area contributed by atoms with Crippen molar-refractivity contribution in [3.63, 3.8) is 0 Å². The van der Waals surface area contributed by atoms with E-state index in [9.17, 15) is 0 Å². The van der Waals surface area contributed by atoms with Crippen LogP contribution in [0.4, 0.5) is 0 Å². The van der Waals surface area contributed by atoms with E-state index in [0.717, 1.165) is 28.0 Å². The number of hydrogen-bond donors (Lipinski definition) is 1. The fourth-order valence-electron chi connectivity index (χ4n) is 1.41. The molecule has 1 aromatic carbocycles. The summed E-state index contributed by atoms with van der Waals surface area (Å²) in [4.78, 5) is 0. The number of halogens is 1. The number of rotatable bonds is 4. The smallest absolute Gasteiger partial charge is 0.126 e. The molecule has 0 radical (unpaired) electrons. The van der Waals surface area contributed by atoms with Gasteiger partial charge < -0.3 is 10.5 Å². The lowest BCUT2D eigenvalue weighted by Crippen LogP contribution is -2.09. The van der Waals surface area contributed by atoms with Crippen LogP contribution in [0.5, 0.6) is 5.75 Å². The third-order valence-corrected chi connectivity index (χ3v) is 2.56. The Bertz CT molecular complexity index is 337. The SMILES string of the molecule is Cc1cc(Br)cc(CN)c1OCC(C)C. The van der Waals surface area contributed by atoms with Crippen molar-refractivity contribution in [2.75, 3.05) is 6.61 Å². The number of nitrogens with two attached hydrogens (primary N) is 1. The Morgan fingerprint density at radius 3 is 2.60 bits per heavy atom. The van der Waals surface area contributed by atoms with Gasteiger partial charge in [-0.15, -0.1) is 0 Å². The van der Waals surface area contributed by atoms with Gasteiger partial charge in [0.05, 0.1) is 6.61 Å². The minimum atomic E-state index is 0.508. The summed E-state index contributed by atoms with van der Waals surface area (Å²) in [7, 11) is 0. The molecule has 0 atom stereocenters. The molecule has 0 fully saturated rings. The third kappa shape index (κ3) is 3.50. The van der Waals surface area contributed by atoms with Crippen molar-refractivity contribution in [2.45, 2.75) is 27.3 Å². The van der Waals surface area contributed by atoms with Crippen LogP contribution in [-0.4, -0.2) is 6.61 Å². The second-order valence-corrected chi connectivity index (χ2v) is 5.04. The molecular weight excluding hydrogens is 254 g/mol. The Balaban J connectivity index is 2.93. The van der Waals surface area contributed by atoms with Crippen molar-refractivity contribution >= 4 is 15.9 Å². The lowest BCUT2D eigenvalue weighted by atomic mass is 10.1. The second kappa shape index (κ2) is 5.52. The Morgan fingerprint density at radius 1 is 1.40 bits per heavy atom. The van der Waals surface area contributed by atoms with Gasteiger partial charge in [-0.2, -0.15) is 0 Å². The summed E-state index contributed by atoms with van der Waals surface area (Å²) in [5, 5.41) is 0. The average molecular weight is 272 g/mol. The first-order chi connectivity index (χ1) is 7.04. The first kappa shape index (κ1) is 12.5. The van der Waals surface area contributed by atoms with Gasteiger partial charge in [-0.1, -0.05) is 29.8 Å². The van der Waals surface area contributed by atoms with E-state index in [4.69, 9.17) is 10.5 Å². The van der Waals surface area contributed by atoms with Crippen molar-refractivity contribution < 1.29 is 4.74 Å². The highest BCUT2D eigenvalue weighted by molar-refractivity contribution is 9.10. The number of aryl methyl sites for hydroxylation is 1. The first-order valence-electron chi connectivity index (χ1n) is 5.16. The molecule has 0 saturated carbocycles. The molecule has 0 heterocycles. The molecule has 0 amide bonds.